The first kappa shape index (κ1) is 11.5. The van der Waals surface area contributed by atoms with Crippen LogP contribution >= 0.6 is 0 Å². The topological polar surface area (TPSA) is 41.1 Å². The summed E-state index contributed by atoms with van der Waals surface area (Å²) in [6.45, 7) is 0. The molecule has 3 nitrogen and oxygen atoms in total. The number of carbonyl (C=O) groups excluding carboxylic acids is 1. The van der Waals surface area contributed by atoms with Crippen LogP contribution in [0.1, 0.15) is 17.2 Å². The molecule has 2 aromatic carbocycles. The number of benzene rings is 2. The lowest BCUT2D eigenvalue weighted by Gasteiger charge is -2.24. The summed E-state index contributed by atoms with van der Waals surface area (Å²) in [5.41, 5.74) is 2.93. The maximum Gasteiger partial charge on any atom is 0.319 e. The first-order valence-electron chi connectivity index (χ1n) is 6.22. The largest absolute Gasteiger partial charge is 0.327 e. The van der Waals surface area contributed by atoms with Crippen LogP contribution in [0.3, 0.4) is 0 Å². The van der Waals surface area contributed by atoms with Crippen LogP contribution < -0.4 is 10.6 Å². The van der Waals surface area contributed by atoms with Crippen LogP contribution in [0.2, 0.25) is 0 Å². The second kappa shape index (κ2) is 4.98. The van der Waals surface area contributed by atoms with Crippen molar-refractivity contribution in [2.24, 2.45) is 0 Å². The zero-order chi connectivity index (χ0) is 13.1. The van der Waals surface area contributed by atoms with E-state index in [1.165, 1.54) is 0 Å². The van der Waals surface area contributed by atoms with Gasteiger partial charge in [0.15, 0.2) is 0 Å². The van der Waals surface area contributed by atoms with Crippen molar-refractivity contribution < 1.29 is 4.79 Å². The Morgan fingerprint density at radius 3 is 2.16 bits per heavy atom. The highest BCUT2D eigenvalue weighted by Gasteiger charge is 2.19. The molecule has 0 aromatic heterocycles. The van der Waals surface area contributed by atoms with Crippen LogP contribution in [0.5, 0.6) is 0 Å². The molecule has 0 aliphatic carbocycles. The van der Waals surface area contributed by atoms with Gasteiger partial charge in [-0.25, -0.2) is 4.79 Å². The third-order valence-corrected chi connectivity index (χ3v) is 3.11. The third-order valence-electron chi connectivity index (χ3n) is 3.11. The predicted molar refractivity (Wildman–Crippen MR) is 75.3 cm³/mol. The minimum atomic E-state index is -0.171. The molecule has 0 unspecified atom stereocenters. The summed E-state index contributed by atoms with van der Waals surface area (Å²) in [6.07, 6.45) is 2.03. The first-order chi connectivity index (χ1) is 9.33. The molecule has 19 heavy (non-hydrogen) atoms. The van der Waals surface area contributed by atoms with E-state index < -0.39 is 0 Å². The van der Waals surface area contributed by atoms with Crippen molar-refractivity contribution in [3.05, 3.63) is 77.9 Å². The average Bonchev–Trinajstić information content (AvgIpc) is 2.48. The van der Waals surface area contributed by atoms with E-state index in [4.69, 9.17) is 0 Å². The molecule has 0 bridgehead atoms. The fourth-order valence-electron chi connectivity index (χ4n) is 2.18. The first-order valence-corrected chi connectivity index (χ1v) is 6.22. The van der Waals surface area contributed by atoms with E-state index in [-0.39, 0.29) is 12.1 Å². The van der Waals surface area contributed by atoms with Gasteiger partial charge in [-0.2, -0.15) is 0 Å². The minimum Gasteiger partial charge on any atom is -0.327 e. The van der Waals surface area contributed by atoms with E-state index in [1.807, 2.05) is 66.7 Å². The summed E-state index contributed by atoms with van der Waals surface area (Å²) < 4.78 is 0. The molecule has 2 aromatic rings. The van der Waals surface area contributed by atoms with Gasteiger partial charge in [-0.15, -0.1) is 0 Å². The summed E-state index contributed by atoms with van der Waals surface area (Å²) >= 11 is 0. The van der Waals surface area contributed by atoms with Gasteiger partial charge >= 0.3 is 6.03 Å². The Hall–Kier alpha value is -2.55. The number of urea groups is 1. The Morgan fingerprint density at radius 2 is 1.47 bits per heavy atom. The van der Waals surface area contributed by atoms with Crippen LogP contribution in [-0.2, 0) is 0 Å². The Kier molecular flexibility index (Phi) is 3.02. The zero-order valence-corrected chi connectivity index (χ0v) is 10.3. The summed E-state index contributed by atoms with van der Waals surface area (Å²) in [5, 5.41) is 5.75. The summed E-state index contributed by atoms with van der Waals surface area (Å²) in [5.74, 6) is 0. The van der Waals surface area contributed by atoms with Crippen LogP contribution in [0.15, 0.2) is 66.7 Å². The lowest BCUT2D eigenvalue weighted by Crippen LogP contribution is -2.40. The van der Waals surface area contributed by atoms with Gasteiger partial charge in [-0.1, -0.05) is 60.7 Å². The van der Waals surface area contributed by atoms with Gasteiger partial charge in [-0.3, -0.25) is 0 Å². The molecule has 0 fully saturated rings. The quantitative estimate of drug-likeness (QED) is 0.845. The molecule has 1 aliphatic heterocycles. The van der Waals surface area contributed by atoms with Gasteiger partial charge in [0.05, 0.1) is 6.04 Å². The minimum absolute atomic E-state index is 0.0924. The van der Waals surface area contributed by atoms with Crippen LogP contribution in [0, 0.1) is 0 Å². The van der Waals surface area contributed by atoms with Gasteiger partial charge < -0.3 is 10.6 Å². The van der Waals surface area contributed by atoms with E-state index in [0.29, 0.717) is 0 Å². The molecule has 0 radical (unpaired) electrons. The second-order valence-electron chi connectivity index (χ2n) is 4.43. The van der Waals surface area contributed by atoms with Crippen molar-refractivity contribution in [1.82, 2.24) is 10.6 Å². The predicted octanol–water partition coefficient (Wildman–Crippen LogP) is 3.08. The highest BCUT2D eigenvalue weighted by Crippen LogP contribution is 2.22. The summed E-state index contributed by atoms with van der Waals surface area (Å²) in [7, 11) is 0. The van der Waals surface area contributed by atoms with Crippen molar-refractivity contribution in [3.8, 4) is 0 Å². The molecule has 1 atom stereocenters. The smallest absolute Gasteiger partial charge is 0.319 e. The maximum absolute atomic E-state index is 11.8. The Labute approximate surface area is 112 Å². The Morgan fingerprint density at radius 1 is 0.842 bits per heavy atom. The summed E-state index contributed by atoms with van der Waals surface area (Å²) in [4.78, 5) is 11.8. The lowest BCUT2D eigenvalue weighted by atomic mass is 10.0. The highest BCUT2D eigenvalue weighted by atomic mass is 16.2. The standard InChI is InChI=1S/C16H14N2O/c19-16-17-14(12-7-3-1-4-8-12)11-15(18-16)13-9-5-2-6-10-13/h1-11,14H,(H2,17,18,19)/t14-/m0/s1. The molecule has 0 spiro atoms. The average molecular weight is 250 g/mol. The SMILES string of the molecule is O=C1NC(c2ccccc2)=C[C@@H](c2ccccc2)N1. The van der Waals surface area contributed by atoms with Crippen molar-refractivity contribution in [3.63, 3.8) is 0 Å². The molecule has 2 amide bonds. The second-order valence-corrected chi connectivity index (χ2v) is 4.43. The number of rotatable bonds is 2. The van der Waals surface area contributed by atoms with E-state index in [1.54, 1.807) is 0 Å². The Balaban J connectivity index is 1.97. The third kappa shape index (κ3) is 2.50. The maximum atomic E-state index is 11.8. The van der Waals surface area contributed by atoms with E-state index in [2.05, 4.69) is 10.6 Å². The molecule has 1 heterocycles. The molecule has 1 aliphatic rings. The Bertz CT molecular complexity index is 605. The molecular weight excluding hydrogens is 236 g/mol. The molecule has 0 saturated carbocycles. The van der Waals surface area contributed by atoms with Gasteiger partial charge in [0, 0.05) is 5.70 Å². The molecule has 2 N–H and O–H groups in total. The van der Waals surface area contributed by atoms with Gasteiger partial charge in [0.1, 0.15) is 0 Å². The number of amides is 2. The normalized spacial score (nSPS) is 18.2. The molecule has 0 saturated heterocycles. The number of nitrogens with one attached hydrogen (secondary N) is 2. The van der Waals surface area contributed by atoms with E-state index in [0.717, 1.165) is 16.8 Å². The fraction of sp³-hybridized carbons (Fsp3) is 0.0625. The van der Waals surface area contributed by atoms with Gasteiger partial charge in [0.2, 0.25) is 0 Å². The van der Waals surface area contributed by atoms with Crippen molar-refractivity contribution >= 4 is 11.7 Å². The lowest BCUT2D eigenvalue weighted by molar-refractivity contribution is 0.241. The molecular formula is C16H14N2O. The number of hydrogen-bond donors (Lipinski definition) is 2. The van der Waals surface area contributed by atoms with Crippen molar-refractivity contribution in [2.45, 2.75) is 6.04 Å². The summed E-state index contributed by atoms with van der Waals surface area (Å²) in [6, 6.07) is 19.5. The van der Waals surface area contributed by atoms with E-state index >= 15 is 0 Å². The number of hydrogen-bond acceptors (Lipinski definition) is 1. The van der Waals surface area contributed by atoms with Crippen molar-refractivity contribution in [2.75, 3.05) is 0 Å². The van der Waals surface area contributed by atoms with Crippen LogP contribution in [0.25, 0.3) is 5.70 Å². The van der Waals surface area contributed by atoms with Gasteiger partial charge in [-0.05, 0) is 17.2 Å². The highest BCUT2D eigenvalue weighted by molar-refractivity contribution is 5.88. The van der Waals surface area contributed by atoms with Crippen molar-refractivity contribution in [1.29, 1.82) is 0 Å². The fourth-order valence-corrected chi connectivity index (χ4v) is 2.18. The number of carbonyl (C=O) groups is 1. The van der Waals surface area contributed by atoms with Gasteiger partial charge in [0.25, 0.3) is 0 Å². The monoisotopic (exact) mass is 250 g/mol. The van der Waals surface area contributed by atoms with E-state index in [9.17, 15) is 4.79 Å². The molecule has 94 valence electrons. The van der Waals surface area contributed by atoms with Crippen LogP contribution in [0.4, 0.5) is 4.79 Å². The molecule has 3 rings (SSSR count). The van der Waals surface area contributed by atoms with Crippen LogP contribution in [-0.4, -0.2) is 6.03 Å². The molecule has 3 heteroatoms. The zero-order valence-electron chi connectivity index (χ0n) is 10.3.